The summed E-state index contributed by atoms with van der Waals surface area (Å²) in [6, 6.07) is 5.31. The maximum absolute atomic E-state index is 5.83. The Kier molecular flexibility index (Phi) is 4.73. The molecule has 0 radical (unpaired) electrons. The average Bonchev–Trinajstić information content (AvgIpc) is 2.51. The van der Waals surface area contributed by atoms with Crippen molar-refractivity contribution in [2.75, 3.05) is 14.2 Å². The number of allylic oxidation sites excluding steroid dienone is 3. The third-order valence-electron chi connectivity index (χ3n) is 2.95. The van der Waals surface area contributed by atoms with Gasteiger partial charge in [-0.3, -0.25) is 4.98 Å². The van der Waals surface area contributed by atoms with E-state index in [1.165, 1.54) is 0 Å². The molecule has 2 aromatic rings. The van der Waals surface area contributed by atoms with E-state index in [2.05, 4.69) is 4.98 Å². The molecule has 4 N–H and O–H groups in total. The van der Waals surface area contributed by atoms with Crippen LogP contribution in [0.4, 0.5) is 0 Å². The lowest BCUT2D eigenvalue weighted by atomic mass is 10.2. The van der Waals surface area contributed by atoms with Crippen LogP contribution in [0.25, 0.3) is 10.9 Å². The number of hydrogen-bond acceptors (Lipinski definition) is 6. The van der Waals surface area contributed by atoms with E-state index < -0.39 is 0 Å². The summed E-state index contributed by atoms with van der Waals surface area (Å²) in [5.74, 6) is 1.99. The molecule has 0 unspecified atom stereocenters. The number of aromatic nitrogens is 1. The van der Waals surface area contributed by atoms with Gasteiger partial charge in [0, 0.05) is 23.3 Å². The topological polar surface area (TPSA) is 92.6 Å². The van der Waals surface area contributed by atoms with Crippen molar-refractivity contribution < 1.29 is 14.2 Å². The number of nitrogens with two attached hydrogens (primary N) is 2. The van der Waals surface area contributed by atoms with E-state index >= 15 is 0 Å². The molecule has 0 spiro atoms. The maximum Gasteiger partial charge on any atom is 0.190 e. The summed E-state index contributed by atoms with van der Waals surface area (Å²) in [5.41, 5.74) is 12.7. The van der Waals surface area contributed by atoms with Crippen LogP contribution in [-0.4, -0.2) is 19.2 Å². The molecule has 1 heterocycles. The van der Waals surface area contributed by atoms with Crippen molar-refractivity contribution in [3.8, 4) is 17.2 Å². The van der Waals surface area contributed by atoms with E-state index in [1.807, 2.05) is 0 Å². The minimum absolute atomic E-state index is 0.229. The van der Waals surface area contributed by atoms with E-state index in [9.17, 15) is 0 Å². The third kappa shape index (κ3) is 3.41. The molecule has 0 aliphatic carbocycles. The molecular weight excluding hydrogens is 282 g/mol. The standard InChI is InChI=1S/C16H19N3O3/c1-10(17)4-5-16(18)22-13-6-7-19-12-9-15(21-3)14(20-2)8-11(12)13/h4-9H,17-18H2,1-3H3/b10-4-,16-5+. The van der Waals surface area contributed by atoms with Crippen molar-refractivity contribution in [3.63, 3.8) is 0 Å². The number of hydrogen-bond donors (Lipinski definition) is 2. The van der Waals surface area contributed by atoms with E-state index in [0.29, 0.717) is 28.5 Å². The van der Waals surface area contributed by atoms with E-state index in [-0.39, 0.29) is 5.88 Å². The molecule has 0 atom stereocenters. The quantitative estimate of drug-likeness (QED) is 0.650. The Morgan fingerprint density at radius 3 is 2.36 bits per heavy atom. The van der Waals surface area contributed by atoms with Gasteiger partial charge >= 0.3 is 0 Å². The van der Waals surface area contributed by atoms with Gasteiger partial charge in [-0.05, 0) is 31.2 Å². The largest absolute Gasteiger partial charge is 0.493 e. The lowest BCUT2D eigenvalue weighted by Gasteiger charge is -2.12. The second-order valence-corrected chi connectivity index (χ2v) is 4.62. The zero-order valence-corrected chi connectivity index (χ0v) is 12.8. The summed E-state index contributed by atoms with van der Waals surface area (Å²) in [6.07, 6.45) is 4.91. The van der Waals surface area contributed by atoms with Crippen molar-refractivity contribution in [3.05, 3.63) is 48.1 Å². The Balaban J connectivity index is 2.46. The summed E-state index contributed by atoms with van der Waals surface area (Å²) in [4.78, 5) is 4.30. The van der Waals surface area contributed by atoms with Crippen molar-refractivity contribution in [1.82, 2.24) is 4.98 Å². The Labute approximate surface area is 129 Å². The van der Waals surface area contributed by atoms with Gasteiger partial charge in [0.05, 0.1) is 19.7 Å². The van der Waals surface area contributed by atoms with Crippen molar-refractivity contribution in [2.24, 2.45) is 11.5 Å². The van der Waals surface area contributed by atoms with Gasteiger partial charge < -0.3 is 25.7 Å². The molecule has 0 saturated carbocycles. The van der Waals surface area contributed by atoms with Crippen LogP contribution in [0.5, 0.6) is 17.2 Å². The fraction of sp³-hybridized carbons (Fsp3) is 0.188. The average molecular weight is 301 g/mol. The van der Waals surface area contributed by atoms with E-state index in [4.69, 9.17) is 25.7 Å². The van der Waals surface area contributed by atoms with Crippen LogP contribution in [-0.2, 0) is 0 Å². The fourth-order valence-electron chi connectivity index (χ4n) is 1.91. The Hall–Kier alpha value is -2.89. The zero-order valence-electron chi connectivity index (χ0n) is 12.8. The first kappa shape index (κ1) is 15.5. The van der Waals surface area contributed by atoms with Crippen LogP contribution in [0.2, 0.25) is 0 Å². The van der Waals surface area contributed by atoms with Crippen molar-refractivity contribution in [1.29, 1.82) is 0 Å². The Bertz CT molecular complexity index is 735. The fourth-order valence-corrected chi connectivity index (χ4v) is 1.91. The van der Waals surface area contributed by atoms with Gasteiger partial charge in [0.2, 0.25) is 0 Å². The summed E-state index contributed by atoms with van der Waals surface area (Å²) >= 11 is 0. The highest BCUT2D eigenvalue weighted by molar-refractivity contribution is 5.88. The summed E-state index contributed by atoms with van der Waals surface area (Å²) < 4.78 is 16.2. The molecule has 0 fully saturated rings. The number of fused-ring (bicyclic) bond motifs is 1. The highest BCUT2D eigenvalue weighted by Crippen LogP contribution is 2.35. The smallest absolute Gasteiger partial charge is 0.190 e. The second kappa shape index (κ2) is 6.71. The number of methoxy groups -OCH3 is 2. The van der Waals surface area contributed by atoms with Gasteiger partial charge in [-0.2, -0.15) is 0 Å². The molecule has 6 nitrogen and oxygen atoms in total. The van der Waals surface area contributed by atoms with Crippen LogP contribution in [0.3, 0.4) is 0 Å². The van der Waals surface area contributed by atoms with Gasteiger partial charge in [-0.1, -0.05) is 0 Å². The van der Waals surface area contributed by atoms with E-state index in [0.717, 1.165) is 5.39 Å². The maximum atomic E-state index is 5.83. The second-order valence-electron chi connectivity index (χ2n) is 4.62. The molecule has 2 rings (SSSR count). The van der Waals surface area contributed by atoms with Crippen LogP contribution in [0.1, 0.15) is 6.92 Å². The van der Waals surface area contributed by atoms with E-state index in [1.54, 1.807) is 57.7 Å². The predicted octanol–water partition coefficient (Wildman–Crippen LogP) is 2.29. The SMILES string of the molecule is COc1cc2nccc(O/C(N)=C/C=C(/C)N)c2cc1OC. The normalized spacial score (nSPS) is 12.3. The number of rotatable bonds is 5. The first-order chi connectivity index (χ1) is 10.5. The van der Waals surface area contributed by atoms with Crippen LogP contribution >= 0.6 is 0 Å². The molecule has 22 heavy (non-hydrogen) atoms. The van der Waals surface area contributed by atoms with Crippen LogP contribution < -0.4 is 25.7 Å². The van der Waals surface area contributed by atoms with Gasteiger partial charge in [0.1, 0.15) is 5.75 Å². The molecule has 0 aliphatic heterocycles. The Morgan fingerprint density at radius 1 is 1.05 bits per heavy atom. The molecule has 1 aromatic carbocycles. The Morgan fingerprint density at radius 2 is 1.73 bits per heavy atom. The zero-order chi connectivity index (χ0) is 16.1. The lowest BCUT2D eigenvalue weighted by Crippen LogP contribution is -2.06. The highest BCUT2D eigenvalue weighted by Gasteiger charge is 2.11. The van der Waals surface area contributed by atoms with Crippen molar-refractivity contribution >= 4 is 10.9 Å². The number of ether oxygens (including phenoxy) is 3. The number of benzene rings is 1. The molecule has 116 valence electrons. The first-order valence-corrected chi connectivity index (χ1v) is 6.63. The van der Waals surface area contributed by atoms with Gasteiger partial charge in [0.15, 0.2) is 17.4 Å². The molecular formula is C16H19N3O3. The molecule has 0 amide bonds. The molecule has 6 heteroatoms. The third-order valence-corrected chi connectivity index (χ3v) is 2.95. The first-order valence-electron chi connectivity index (χ1n) is 6.63. The van der Waals surface area contributed by atoms with Gasteiger partial charge in [0.25, 0.3) is 0 Å². The van der Waals surface area contributed by atoms with Gasteiger partial charge in [-0.15, -0.1) is 0 Å². The molecule has 0 bridgehead atoms. The summed E-state index contributed by atoms with van der Waals surface area (Å²) in [6.45, 7) is 1.77. The highest BCUT2D eigenvalue weighted by atomic mass is 16.5. The molecule has 0 aliphatic rings. The summed E-state index contributed by atoms with van der Waals surface area (Å²) in [7, 11) is 3.15. The minimum Gasteiger partial charge on any atom is -0.493 e. The minimum atomic E-state index is 0.229. The van der Waals surface area contributed by atoms with Crippen LogP contribution in [0.15, 0.2) is 48.1 Å². The lowest BCUT2D eigenvalue weighted by molar-refractivity contribution is 0.355. The number of nitrogens with zero attached hydrogens (tertiary/aromatic N) is 1. The predicted molar refractivity (Wildman–Crippen MR) is 85.7 cm³/mol. The van der Waals surface area contributed by atoms with Crippen LogP contribution in [0, 0.1) is 0 Å². The number of pyridine rings is 1. The summed E-state index contributed by atoms with van der Waals surface area (Å²) in [5, 5.41) is 0.768. The van der Waals surface area contributed by atoms with Crippen molar-refractivity contribution in [2.45, 2.75) is 6.92 Å². The molecule has 0 saturated heterocycles. The molecule has 1 aromatic heterocycles. The van der Waals surface area contributed by atoms with Gasteiger partial charge in [-0.25, -0.2) is 0 Å². The monoisotopic (exact) mass is 301 g/mol.